The van der Waals surface area contributed by atoms with Gasteiger partial charge in [-0.05, 0) is 18.9 Å². The molecule has 102 valence electrons. The summed E-state index contributed by atoms with van der Waals surface area (Å²) in [6.07, 6.45) is 1.44. The largest absolute Gasteiger partial charge is 0.342 e. The molecule has 0 radical (unpaired) electrons. The Morgan fingerprint density at radius 3 is 2.68 bits per heavy atom. The molecule has 0 aliphatic heterocycles. The molecule has 1 aromatic carbocycles. The van der Waals surface area contributed by atoms with E-state index in [1.807, 2.05) is 37.3 Å². The molecule has 0 aromatic heterocycles. The molecule has 0 aliphatic rings. The average molecular weight is 259 g/mol. The van der Waals surface area contributed by atoms with Gasteiger partial charge >= 0.3 is 0 Å². The first-order valence-electron chi connectivity index (χ1n) is 6.64. The first kappa shape index (κ1) is 15.2. The predicted octanol–water partition coefficient (Wildman–Crippen LogP) is 2.23. The molecule has 4 nitrogen and oxygen atoms in total. The molecule has 1 amide bonds. The molecule has 0 spiro atoms. The van der Waals surface area contributed by atoms with Crippen molar-refractivity contribution in [2.45, 2.75) is 32.2 Å². The number of amides is 1. The molecule has 0 heterocycles. The maximum absolute atomic E-state index is 12.0. The van der Waals surface area contributed by atoms with E-state index in [9.17, 15) is 4.79 Å². The Labute approximate surface area is 114 Å². The summed E-state index contributed by atoms with van der Waals surface area (Å²) < 4.78 is 0. The lowest BCUT2D eigenvalue weighted by molar-refractivity contribution is -0.131. The average Bonchev–Trinajstić information content (AvgIpc) is 2.46. The van der Waals surface area contributed by atoms with Crippen LogP contribution in [0.15, 0.2) is 30.3 Å². The Balaban J connectivity index is 2.43. The lowest BCUT2D eigenvalue weighted by Gasteiger charge is -2.20. The molecule has 2 N–H and O–H groups in total. The molecule has 1 rings (SSSR count). The summed E-state index contributed by atoms with van der Waals surface area (Å²) in [6.45, 7) is 3.07. The molecule has 0 saturated carbocycles. The number of rotatable bonds is 7. The summed E-state index contributed by atoms with van der Waals surface area (Å²) >= 11 is 0. The zero-order valence-corrected chi connectivity index (χ0v) is 11.4. The van der Waals surface area contributed by atoms with E-state index in [2.05, 4.69) is 6.07 Å². The van der Waals surface area contributed by atoms with Crippen LogP contribution in [0.1, 0.15) is 37.8 Å². The summed E-state index contributed by atoms with van der Waals surface area (Å²) in [6, 6.07) is 11.7. The Hall–Kier alpha value is -1.86. The van der Waals surface area contributed by atoms with Gasteiger partial charge in [0, 0.05) is 25.6 Å². The predicted molar refractivity (Wildman–Crippen MR) is 75.1 cm³/mol. The van der Waals surface area contributed by atoms with Crippen LogP contribution in [0, 0.1) is 11.3 Å². The van der Waals surface area contributed by atoms with Crippen LogP contribution in [0.3, 0.4) is 0 Å². The fourth-order valence-electron chi connectivity index (χ4n) is 1.95. The molecule has 0 saturated heterocycles. The molecular formula is C15H21N3O. The minimum Gasteiger partial charge on any atom is -0.342 e. The third kappa shape index (κ3) is 5.11. The molecule has 0 bridgehead atoms. The zero-order valence-electron chi connectivity index (χ0n) is 11.4. The first-order chi connectivity index (χ1) is 9.19. The van der Waals surface area contributed by atoms with Gasteiger partial charge in [0.2, 0.25) is 5.91 Å². The topological polar surface area (TPSA) is 70.1 Å². The lowest BCUT2D eigenvalue weighted by atomic mass is 10.0. The summed E-state index contributed by atoms with van der Waals surface area (Å²) in [5.41, 5.74) is 7.11. The summed E-state index contributed by atoms with van der Waals surface area (Å²) in [7, 11) is 0. The van der Waals surface area contributed by atoms with E-state index in [1.165, 1.54) is 0 Å². The van der Waals surface area contributed by atoms with Crippen LogP contribution in [-0.4, -0.2) is 23.9 Å². The standard InChI is InChI=1S/C15H21N3O/c1-2-18(12-6-11-16)15(19)10-9-14(17)13-7-4-3-5-8-13/h3-5,7-8,14H,2,6,9-10,12,17H2,1H3. The first-order valence-corrected chi connectivity index (χ1v) is 6.64. The van der Waals surface area contributed by atoms with Crippen LogP contribution in [0.5, 0.6) is 0 Å². The van der Waals surface area contributed by atoms with E-state index in [0.717, 1.165) is 5.56 Å². The Morgan fingerprint density at radius 1 is 1.42 bits per heavy atom. The van der Waals surface area contributed by atoms with Crippen LogP contribution < -0.4 is 5.73 Å². The zero-order chi connectivity index (χ0) is 14.1. The second-order valence-corrected chi connectivity index (χ2v) is 4.44. The third-order valence-corrected chi connectivity index (χ3v) is 3.12. The van der Waals surface area contributed by atoms with Gasteiger partial charge in [0.25, 0.3) is 0 Å². The number of benzene rings is 1. The summed E-state index contributed by atoms with van der Waals surface area (Å²) in [5.74, 6) is 0.0733. The van der Waals surface area contributed by atoms with E-state index in [1.54, 1.807) is 4.90 Å². The highest BCUT2D eigenvalue weighted by Crippen LogP contribution is 2.15. The molecule has 1 aromatic rings. The van der Waals surface area contributed by atoms with Gasteiger partial charge in [-0.3, -0.25) is 4.79 Å². The van der Waals surface area contributed by atoms with E-state index in [4.69, 9.17) is 11.0 Å². The van der Waals surface area contributed by atoms with Crippen molar-refractivity contribution >= 4 is 5.91 Å². The highest BCUT2D eigenvalue weighted by molar-refractivity contribution is 5.76. The SMILES string of the molecule is CCN(CCC#N)C(=O)CCC(N)c1ccccc1. The Morgan fingerprint density at radius 2 is 2.11 bits per heavy atom. The van der Waals surface area contributed by atoms with Gasteiger partial charge in [-0.1, -0.05) is 30.3 Å². The number of hydrogen-bond donors (Lipinski definition) is 1. The van der Waals surface area contributed by atoms with E-state index < -0.39 is 0 Å². The number of nitrogens with zero attached hydrogens (tertiary/aromatic N) is 2. The number of hydrogen-bond acceptors (Lipinski definition) is 3. The van der Waals surface area contributed by atoms with E-state index >= 15 is 0 Å². The maximum Gasteiger partial charge on any atom is 0.222 e. The minimum atomic E-state index is -0.111. The van der Waals surface area contributed by atoms with Crippen molar-refractivity contribution in [3.8, 4) is 6.07 Å². The van der Waals surface area contributed by atoms with Crippen molar-refractivity contribution < 1.29 is 4.79 Å². The molecular weight excluding hydrogens is 238 g/mol. The number of nitriles is 1. The molecule has 4 heteroatoms. The number of carbonyl (C=O) groups excluding carboxylic acids is 1. The molecule has 19 heavy (non-hydrogen) atoms. The van der Waals surface area contributed by atoms with Crippen LogP contribution >= 0.6 is 0 Å². The van der Waals surface area contributed by atoms with Crippen molar-refractivity contribution in [3.05, 3.63) is 35.9 Å². The van der Waals surface area contributed by atoms with Crippen molar-refractivity contribution in [1.82, 2.24) is 4.90 Å². The van der Waals surface area contributed by atoms with Gasteiger partial charge in [0.05, 0.1) is 12.5 Å². The van der Waals surface area contributed by atoms with Crippen LogP contribution in [0.4, 0.5) is 0 Å². The maximum atomic E-state index is 12.0. The van der Waals surface area contributed by atoms with Gasteiger partial charge in [-0.15, -0.1) is 0 Å². The molecule has 0 fully saturated rings. The highest BCUT2D eigenvalue weighted by atomic mass is 16.2. The molecule has 1 atom stereocenters. The van der Waals surface area contributed by atoms with Crippen LogP contribution in [0.25, 0.3) is 0 Å². The second-order valence-electron chi connectivity index (χ2n) is 4.44. The molecule has 1 unspecified atom stereocenters. The second kappa shape index (κ2) is 8.28. The lowest BCUT2D eigenvalue weighted by Crippen LogP contribution is -2.32. The van der Waals surface area contributed by atoms with E-state index in [-0.39, 0.29) is 11.9 Å². The van der Waals surface area contributed by atoms with Crippen molar-refractivity contribution in [2.75, 3.05) is 13.1 Å². The van der Waals surface area contributed by atoms with Crippen LogP contribution in [0.2, 0.25) is 0 Å². The van der Waals surface area contributed by atoms with Crippen molar-refractivity contribution in [2.24, 2.45) is 5.73 Å². The van der Waals surface area contributed by atoms with Gasteiger partial charge in [0.15, 0.2) is 0 Å². The summed E-state index contributed by atoms with van der Waals surface area (Å²) in [4.78, 5) is 13.7. The fourth-order valence-corrected chi connectivity index (χ4v) is 1.95. The minimum absolute atomic E-state index is 0.0733. The van der Waals surface area contributed by atoms with Gasteiger partial charge < -0.3 is 10.6 Å². The van der Waals surface area contributed by atoms with Gasteiger partial charge in [-0.25, -0.2) is 0 Å². The molecule has 0 aliphatic carbocycles. The fraction of sp³-hybridized carbons (Fsp3) is 0.467. The third-order valence-electron chi connectivity index (χ3n) is 3.12. The number of nitrogens with two attached hydrogens (primary N) is 1. The normalized spacial score (nSPS) is 11.6. The van der Waals surface area contributed by atoms with Gasteiger partial charge in [0.1, 0.15) is 0 Å². The quantitative estimate of drug-likeness (QED) is 0.816. The monoisotopic (exact) mass is 259 g/mol. The van der Waals surface area contributed by atoms with Crippen LogP contribution in [-0.2, 0) is 4.79 Å². The van der Waals surface area contributed by atoms with Crippen molar-refractivity contribution in [3.63, 3.8) is 0 Å². The Kier molecular flexibility index (Phi) is 6.62. The summed E-state index contributed by atoms with van der Waals surface area (Å²) in [5, 5.41) is 8.55. The number of carbonyl (C=O) groups is 1. The van der Waals surface area contributed by atoms with Gasteiger partial charge in [-0.2, -0.15) is 5.26 Å². The van der Waals surface area contributed by atoms with E-state index in [0.29, 0.717) is 32.4 Å². The van der Waals surface area contributed by atoms with Crippen molar-refractivity contribution in [1.29, 1.82) is 5.26 Å². The highest BCUT2D eigenvalue weighted by Gasteiger charge is 2.13. The smallest absolute Gasteiger partial charge is 0.222 e. The Bertz CT molecular complexity index is 425.